The lowest BCUT2D eigenvalue weighted by molar-refractivity contribution is -0.0661. The van der Waals surface area contributed by atoms with Gasteiger partial charge in [0.2, 0.25) is 5.11 Å². The van der Waals surface area contributed by atoms with Crippen molar-refractivity contribution in [2.24, 2.45) is 4.99 Å². The fraction of sp³-hybridized carbons (Fsp3) is 0.417. The van der Waals surface area contributed by atoms with Crippen molar-refractivity contribution >= 4 is 34.5 Å². The number of benzene rings is 2. The SMILES string of the molecule is COc1cccc(N2C(=S)N=C(Nc3c(C)cccc3C)[C@@]23CCOC(C)(C)C3)c1. The first-order valence-electron chi connectivity index (χ1n) is 10.3. The van der Waals surface area contributed by atoms with Crippen molar-refractivity contribution in [3.63, 3.8) is 0 Å². The van der Waals surface area contributed by atoms with Gasteiger partial charge >= 0.3 is 0 Å². The van der Waals surface area contributed by atoms with Crippen molar-refractivity contribution in [3.05, 3.63) is 53.6 Å². The number of methoxy groups -OCH3 is 1. The summed E-state index contributed by atoms with van der Waals surface area (Å²) in [6.07, 6.45) is 1.57. The molecule has 2 aromatic carbocycles. The number of hydrogen-bond acceptors (Lipinski definition) is 4. The minimum Gasteiger partial charge on any atom is -0.497 e. The number of para-hydroxylation sites is 1. The van der Waals surface area contributed by atoms with Gasteiger partial charge in [-0.2, -0.15) is 0 Å². The highest BCUT2D eigenvalue weighted by Crippen LogP contribution is 2.44. The fourth-order valence-electron chi connectivity index (χ4n) is 4.65. The van der Waals surface area contributed by atoms with E-state index in [1.54, 1.807) is 7.11 Å². The van der Waals surface area contributed by atoms with Crippen LogP contribution >= 0.6 is 12.2 Å². The molecule has 4 rings (SSSR count). The van der Waals surface area contributed by atoms with Crippen LogP contribution in [0.2, 0.25) is 0 Å². The van der Waals surface area contributed by atoms with Crippen molar-refractivity contribution in [1.29, 1.82) is 0 Å². The van der Waals surface area contributed by atoms with E-state index in [0.717, 1.165) is 35.8 Å². The molecule has 6 heteroatoms. The van der Waals surface area contributed by atoms with Crippen LogP contribution in [0.15, 0.2) is 47.5 Å². The van der Waals surface area contributed by atoms with Crippen molar-refractivity contribution in [2.45, 2.75) is 51.7 Å². The Morgan fingerprint density at radius 2 is 1.83 bits per heavy atom. The van der Waals surface area contributed by atoms with E-state index in [4.69, 9.17) is 26.7 Å². The van der Waals surface area contributed by atoms with Gasteiger partial charge in [0.05, 0.1) is 12.7 Å². The van der Waals surface area contributed by atoms with Crippen LogP contribution in [-0.2, 0) is 4.74 Å². The van der Waals surface area contributed by atoms with E-state index in [1.807, 2.05) is 18.2 Å². The molecule has 0 unspecified atom stereocenters. The fourth-order valence-corrected chi connectivity index (χ4v) is 5.02. The molecule has 0 bridgehead atoms. The second-order valence-electron chi connectivity index (χ2n) is 8.74. The first kappa shape index (κ1) is 20.8. The number of nitrogens with one attached hydrogen (secondary N) is 1. The van der Waals surface area contributed by atoms with Crippen LogP contribution in [0.1, 0.15) is 37.8 Å². The van der Waals surface area contributed by atoms with Crippen LogP contribution in [0.5, 0.6) is 5.75 Å². The van der Waals surface area contributed by atoms with Crippen LogP contribution in [0.4, 0.5) is 11.4 Å². The number of aliphatic imine (C=N–C) groups is 1. The molecule has 158 valence electrons. The van der Waals surface area contributed by atoms with Gasteiger partial charge in [0.25, 0.3) is 0 Å². The van der Waals surface area contributed by atoms with Crippen molar-refractivity contribution in [2.75, 3.05) is 23.9 Å². The van der Waals surface area contributed by atoms with Gasteiger partial charge in [-0.1, -0.05) is 24.3 Å². The third-order valence-corrected chi connectivity index (χ3v) is 6.30. The minimum atomic E-state index is -0.403. The molecule has 30 heavy (non-hydrogen) atoms. The van der Waals surface area contributed by atoms with Gasteiger partial charge in [0, 0.05) is 36.9 Å². The zero-order valence-corrected chi connectivity index (χ0v) is 19.1. The molecule has 2 aliphatic rings. The summed E-state index contributed by atoms with van der Waals surface area (Å²) in [6, 6.07) is 14.3. The average molecular weight is 424 g/mol. The summed E-state index contributed by atoms with van der Waals surface area (Å²) in [4.78, 5) is 7.07. The molecule has 2 heterocycles. The highest BCUT2D eigenvalue weighted by molar-refractivity contribution is 7.80. The summed E-state index contributed by atoms with van der Waals surface area (Å²) in [5, 5.41) is 4.23. The summed E-state index contributed by atoms with van der Waals surface area (Å²) < 4.78 is 11.6. The average Bonchev–Trinajstić information content (AvgIpc) is 2.94. The van der Waals surface area contributed by atoms with Crippen LogP contribution < -0.4 is 15.0 Å². The van der Waals surface area contributed by atoms with E-state index < -0.39 is 5.54 Å². The molecule has 1 atom stereocenters. The van der Waals surface area contributed by atoms with Gasteiger partial charge in [-0.3, -0.25) is 0 Å². The molecule has 1 spiro atoms. The van der Waals surface area contributed by atoms with Crippen LogP contribution in [0, 0.1) is 13.8 Å². The molecule has 2 aromatic rings. The molecule has 2 aliphatic heterocycles. The largest absolute Gasteiger partial charge is 0.497 e. The maximum absolute atomic E-state index is 6.08. The summed E-state index contributed by atoms with van der Waals surface area (Å²) in [5.74, 6) is 1.69. The minimum absolute atomic E-state index is 0.293. The molecule has 0 aromatic heterocycles. The second-order valence-corrected chi connectivity index (χ2v) is 9.10. The third kappa shape index (κ3) is 3.59. The number of rotatable bonds is 3. The van der Waals surface area contributed by atoms with Gasteiger partial charge in [-0.05, 0) is 63.2 Å². The predicted molar refractivity (Wildman–Crippen MR) is 127 cm³/mol. The van der Waals surface area contributed by atoms with Crippen molar-refractivity contribution < 1.29 is 9.47 Å². The topological polar surface area (TPSA) is 46.1 Å². The number of ether oxygens (including phenoxy) is 2. The van der Waals surface area contributed by atoms with E-state index in [0.29, 0.717) is 11.7 Å². The Kier molecular flexibility index (Phi) is 5.32. The van der Waals surface area contributed by atoms with Crippen LogP contribution in [-0.4, -0.2) is 35.8 Å². The summed E-state index contributed by atoms with van der Waals surface area (Å²) in [6.45, 7) is 9.14. The molecule has 1 N–H and O–H groups in total. The molecule has 1 fully saturated rings. The zero-order chi connectivity index (χ0) is 21.5. The van der Waals surface area contributed by atoms with Gasteiger partial charge < -0.3 is 19.7 Å². The Morgan fingerprint density at radius 3 is 2.50 bits per heavy atom. The highest BCUT2D eigenvalue weighted by atomic mass is 32.1. The van der Waals surface area contributed by atoms with E-state index in [2.05, 4.69) is 62.2 Å². The number of nitrogens with zero attached hydrogens (tertiary/aromatic N) is 2. The number of amidine groups is 1. The molecule has 5 nitrogen and oxygen atoms in total. The van der Waals surface area contributed by atoms with Crippen molar-refractivity contribution in [1.82, 2.24) is 0 Å². The zero-order valence-electron chi connectivity index (χ0n) is 18.3. The Balaban J connectivity index is 1.82. The maximum Gasteiger partial charge on any atom is 0.202 e. The van der Waals surface area contributed by atoms with Gasteiger partial charge in [-0.25, -0.2) is 4.99 Å². The van der Waals surface area contributed by atoms with Gasteiger partial charge in [0.15, 0.2) is 0 Å². The standard InChI is InChI=1S/C24H29N3O2S/c1-16-8-6-9-17(2)20(16)25-21-24(12-13-29-23(3,4)15-24)27(22(30)26-21)18-10-7-11-19(14-18)28-5/h6-11,14H,12-13,15H2,1-5H3,(H,25,26,30)/t24-/m0/s1. The Morgan fingerprint density at radius 1 is 1.13 bits per heavy atom. The quantitative estimate of drug-likeness (QED) is 0.683. The third-order valence-electron chi connectivity index (χ3n) is 6.03. The second kappa shape index (κ2) is 7.67. The number of anilines is 2. The first-order valence-corrected chi connectivity index (χ1v) is 10.7. The van der Waals surface area contributed by atoms with E-state index in [9.17, 15) is 0 Å². The normalized spacial score (nSPS) is 22.9. The summed E-state index contributed by atoms with van der Waals surface area (Å²) in [5.41, 5.74) is 3.75. The van der Waals surface area contributed by atoms with Gasteiger partial charge in [-0.15, -0.1) is 0 Å². The highest BCUT2D eigenvalue weighted by Gasteiger charge is 2.54. The monoisotopic (exact) mass is 423 g/mol. The Bertz CT molecular complexity index is 997. The predicted octanol–water partition coefficient (Wildman–Crippen LogP) is 5.26. The van der Waals surface area contributed by atoms with E-state index in [1.165, 1.54) is 11.1 Å². The molecule has 0 amide bonds. The lowest BCUT2D eigenvalue weighted by Gasteiger charge is -2.48. The van der Waals surface area contributed by atoms with Crippen LogP contribution in [0.3, 0.4) is 0 Å². The number of hydrogen-bond donors (Lipinski definition) is 1. The maximum atomic E-state index is 6.08. The van der Waals surface area contributed by atoms with Crippen LogP contribution in [0.25, 0.3) is 0 Å². The van der Waals surface area contributed by atoms with Crippen molar-refractivity contribution in [3.8, 4) is 5.75 Å². The molecule has 0 radical (unpaired) electrons. The summed E-state index contributed by atoms with van der Waals surface area (Å²) >= 11 is 5.81. The number of aryl methyl sites for hydroxylation is 2. The molecular weight excluding hydrogens is 394 g/mol. The summed E-state index contributed by atoms with van der Waals surface area (Å²) in [7, 11) is 1.68. The molecule has 0 saturated carbocycles. The molecule has 0 aliphatic carbocycles. The smallest absolute Gasteiger partial charge is 0.202 e. The van der Waals surface area contributed by atoms with Gasteiger partial charge in [0.1, 0.15) is 17.1 Å². The Hall–Kier alpha value is -2.44. The Labute approximate surface area is 184 Å². The lowest BCUT2D eigenvalue weighted by Crippen LogP contribution is -2.60. The molecular formula is C24H29N3O2S. The first-order chi connectivity index (χ1) is 14.3. The van der Waals surface area contributed by atoms with E-state index in [-0.39, 0.29) is 5.60 Å². The lowest BCUT2D eigenvalue weighted by atomic mass is 9.79. The number of thiocarbonyl (C=S) groups is 1. The van der Waals surface area contributed by atoms with E-state index >= 15 is 0 Å². The molecule has 1 saturated heterocycles.